The maximum atomic E-state index is 12.3. The molecule has 0 spiro atoms. The molecule has 0 radical (unpaired) electrons. The Morgan fingerprint density at radius 1 is 1.10 bits per heavy atom. The molecule has 0 aliphatic heterocycles. The molecule has 6 heteroatoms. The Balaban J connectivity index is 1.64. The molecule has 0 saturated heterocycles. The molecule has 29 heavy (non-hydrogen) atoms. The minimum atomic E-state index is -1.55. The zero-order valence-corrected chi connectivity index (χ0v) is 16.0. The molecule has 2 aromatic carbocycles. The van der Waals surface area contributed by atoms with Gasteiger partial charge in [0.15, 0.2) is 5.41 Å². The van der Waals surface area contributed by atoms with E-state index in [0.29, 0.717) is 23.6 Å². The molecule has 6 nitrogen and oxygen atoms in total. The van der Waals surface area contributed by atoms with E-state index in [9.17, 15) is 14.7 Å². The maximum absolute atomic E-state index is 12.3. The molecular weight excluding hydrogens is 370 g/mol. The maximum Gasteiger partial charge on any atom is 0.324 e. The predicted octanol–water partition coefficient (Wildman–Crippen LogP) is 3.94. The number of fused-ring (bicyclic) bond motifs is 1. The van der Waals surface area contributed by atoms with E-state index in [1.165, 1.54) is 0 Å². The SMILES string of the molecule is CCOC(=O)C1(C(=O)O)CC1c1ccc2cccc(OCc3ccccc3)c2n1. The number of hydrogen-bond donors (Lipinski definition) is 1. The van der Waals surface area contributed by atoms with Gasteiger partial charge in [0.25, 0.3) is 0 Å². The summed E-state index contributed by atoms with van der Waals surface area (Å²) in [6.07, 6.45) is 0.187. The monoisotopic (exact) mass is 391 g/mol. The lowest BCUT2D eigenvalue weighted by molar-refractivity contribution is -0.161. The van der Waals surface area contributed by atoms with E-state index in [0.717, 1.165) is 10.9 Å². The van der Waals surface area contributed by atoms with Crippen molar-refractivity contribution < 1.29 is 24.2 Å². The van der Waals surface area contributed by atoms with E-state index >= 15 is 0 Å². The number of hydrogen-bond acceptors (Lipinski definition) is 5. The van der Waals surface area contributed by atoms with Crippen molar-refractivity contribution in [2.45, 2.75) is 25.9 Å². The van der Waals surface area contributed by atoms with Crippen molar-refractivity contribution in [1.82, 2.24) is 4.98 Å². The molecule has 1 saturated carbocycles. The van der Waals surface area contributed by atoms with Crippen LogP contribution in [0.4, 0.5) is 0 Å². The van der Waals surface area contributed by atoms with Crippen LogP contribution in [0.15, 0.2) is 60.7 Å². The van der Waals surface area contributed by atoms with Crippen molar-refractivity contribution >= 4 is 22.8 Å². The van der Waals surface area contributed by atoms with Gasteiger partial charge in [0.05, 0.1) is 6.61 Å². The number of pyridine rings is 1. The third-order valence-corrected chi connectivity index (χ3v) is 5.28. The minimum absolute atomic E-state index is 0.142. The average Bonchev–Trinajstić information content (AvgIpc) is 3.50. The lowest BCUT2D eigenvalue weighted by atomic mass is 10.0. The van der Waals surface area contributed by atoms with Crippen LogP contribution in [0.2, 0.25) is 0 Å². The summed E-state index contributed by atoms with van der Waals surface area (Å²) in [6, 6.07) is 19.1. The van der Waals surface area contributed by atoms with Gasteiger partial charge in [0, 0.05) is 17.0 Å². The zero-order valence-electron chi connectivity index (χ0n) is 16.0. The number of aromatic nitrogens is 1. The van der Waals surface area contributed by atoms with Gasteiger partial charge in [-0.05, 0) is 31.0 Å². The Kier molecular flexibility index (Phi) is 4.92. The van der Waals surface area contributed by atoms with E-state index in [4.69, 9.17) is 9.47 Å². The quantitative estimate of drug-likeness (QED) is 0.485. The molecular formula is C23H21NO5. The molecule has 148 valence electrons. The fourth-order valence-electron chi connectivity index (χ4n) is 3.61. The Hall–Kier alpha value is -3.41. The summed E-state index contributed by atoms with van der Waals surface area (Å²) in [5, 5.41) is 10.5. The zero-order chi connectivity index (χ0) is 20.4. The standard InChI is InChI=1S/C23H21NO5/c1-2-28-22(27)23(21(25)26)13-17(23)18-12-11-16-9-6-10-19(20(16)24-18)29-14-15-7-4-3-5-8-15/h3-12,17H,2,13-14H2,1H3,(H,25,26). The number of rotatable bonds is 7. The molecule has 1 fully saturated rings. The predicted molar refractivity (Wildman–Crippen MR) is 107 cm³/mol. The Morgan fingerprint density at radius 3 is 2.62 bits per heavy atom. The first-order valence-corrected chi connectivity index (χ1v) is 9.53. The van der Waals surface area contributed by atoms with Crippen molar-refractivity contribution in [2.75, 3.05) is 6.61 Å². The highest BCUT2D eigenvalue weighted by molar-refractivity contribution is 6.04. The number of carboxylic acid groups (broad SMARTS) is 1. The lowest BCUT2D eigenvalue weighted by Gasteiger charge is -2.12. The van der Waals surface area contributed by atoms with Crippen LogP contribution in [-0.2, 0) is 20.9 Å². The second-order valence-electron chi connectivity index (χ2n) is 7.09. The summed E-state index contributed by atoms with van der Waals surface area (Å²) in [6.45, 7) is 2.20. The second kappa shape index (κ2) is 7.54. The number of carbonyl (C=O) groups is 2. The van der Waals surface area contributed by atoms with Crippen LogP contribution in [0.1, 0.15) is 30.5 Å². The number of nitrogens with zero attached hydrogens (tertiary/aromatic N) is 1. The first-order chi connectivity index (χ1) is 14.1. The fourth-order valence-corrected chi connectivity index (χ4v) is 3.61. The number of para-hydroxylation sites is 1. The highest BCUT2D eigenvalue weighted by Gasteiger charge is 2.68. The summed E-state index contributed by atoms with van der Waals surface area (Å²) in [5.74, 6) is -1.76. The summed E-state index contributed by atoms with van der Waals surface area (Å²) in [7, 11) is 0. The topological polar surface area (TPSA) is 85.7 Å². The average molecular weight is 391 g/mol. The van der Waals surface area contributed by atoms with Gasteiger partial charge in [-0.2, -0.15) is 0 Å². The molecule has 0 bridgehead atoms. The van der Waals surface area contributed by atoms with Crippen molar-refractivity contribution in [2.24, 2.45) is 5.41 Å². The highest BCUT2D eigenvalue weighted by Crippen LogP contribution is 2.60. The van der Waals surface area contributed by atoms with Crippen LogP contribution >= 0.6 is 0 Å². The van der Waals surface area contributed by atoms with Crippen LogP contribution < -0.4 is 4.74 Å². The van der Waals surface area contributed by atoms with E-state index < -0.39 is 23.3 Å². The van der Waals surface area contributed by atoms with Gasteiger partial charge in [-0.1, -0.05) is 48.5 Å². The first kappa shape index (κ1) is 18.9. The van der Waals surface area contributed by atoms with Crippen molar-refractivity contribution in [3.63, 3.8) is 0 Å². The first-order valence-electron chi connectivity index (χ1n) is 9.53. The van der Waals surface area contributed by atoms with E-state index in [2.05, 4.69) is 4.98 Å². The molecule has 1 aromatic heterocycles. The number of carbonyl (C=O) groups excluding carboxylic acids is 1. The van der Waals surface area contributed by atoms with E-state index in [1.54, 1.807) is 13.0 Å². The van der Waals surface area contributed by atoms with Crippen LogP contribution in [0, 0.1) is 5.41 Å². The van der Waals surface area contributed by atoms with Gasteiger partial charge in [0.2, 0.25) is 0 Å². The molecule has 4 rings (SSSR count). The smallest absolute Gasteiger partial charge is 0.324 e. The molecule has 2 unspecified atom stereocenters. The number of esters is 1. The second-order valence-corrected chi connectivity index (χ2v) is 7.09. The normalized spacial score (nSPS) is 20.2. The Labute approximate surface area is 168 Å². The lowest BCUT2D eigenvalue weighted by Crippen LogP contribution is -2.29. The van der Waals surface area contributed by atoms with Crippen molar-refractivity contribution in [3.8, 4) is 5.75 Å². The van der Waals surface area contributed by atoms with Crippen LogP contribution in [0.5, 0.6) is 5.75 Å². The van der Waals surface area contributed by atoms with Gasteiger partial charge in [0.1, 0.15) is 17.9 Å². The van der Waals surface area contributed by atoms with Crippen LogP contribution in [-0.4, -0.2) is 28.6 Å². The van der Waals surface area contributed by atoms with Gasteiger partial charge in [-0.15, -0.1) is 0 Å². The van der Waals surface area contributed by atoms with Gasteiger partial charge in [-0.25, -0.2) is 4.98 Å². The highest BCUT2D eigenvalue weighted by atomic mass is 16.5. The van der Waals surface area contributed by atoms with E-state index in [-0.39, 0.29) is 13.0 Å². The molecule has 1 aliphatic carbocycles. The Bertz CT molecular complexity index is 1070. The number of aliphatic carboxylic acids is 1. The third kappa shape index (κ3) is 3.42. The van der Waals surface area contributed by atoms with Gasteiger partial charge in [-0.3, -0.25) is 9.59 Å². The summed E-state index contributed by atoms with van der Waals surface area (Å²) in [4.78, 5) is 28.8. The largest absolute Gasteiger partial charge is 0.487 e. The van der Waals surface area contributed by atoms with Crippen LogP contribution in [0.25, 0.3) is 10.9 Å². The molecule has 2 atom stereocenters. The van der Waals surface area contributed by atoms with Crippen molar-refractivity contribution in [1.29, 1.82) is 0 Å². The summed E-state index contributed by atoms with van der Waals surface area (Å²) in [5.41, 5.74) is 0.700. The molecule has 1 aliphatic rings. The fraction of sp³-hybridized carbons (Fsp3) is 0.261. The molecule has 1 heterocycles. The Morgan fingerprint density at radius 2 is 1.90 bits per heavy atom. The van der Waals surface area contributed by atoms with Crippen molar-refractivity contribution in [3.05, 3.63) is 71.9 Å². The summed E-state index contributed by atoms with van der Waals surface area (Å²) < 4.78 is 11.0. The molecule has 1 N–H and O–H groups in total. The van der Waals surface area contributed by atoms with Gasteiger partial charge >= 0.3 is 11.9 Å². The van der Waals surface area contributed by atoms with E-state index in [1.807, 2.05) is 54.6 Å². The third-order valence-electron chi connectivity index (χ3n) is 5.28. The molecule has 3 aromatic rings. The summed E-state index contributed by atoms with van der Waals surface area (Å²) >= 11 is 0. The minimum Gasteiger partial charge on any atom is -0.487 e. The molecule has 0 amide bonds. The number of ether oxygens (including phenoxy) is 2. The number of carboxylic acids is 1. The number of benzene rings is 2. The van der Waals surface area contributed by atoms with Crippen LogP contribution in [0.3, 0.4) is 0 Å². The van der Waals surface area contributed by atoms with Gasteiger partial charge < -0.3 is 14.6 Å².